The van der Waals surface area contributed by atoms with E-state index in [2.05, 4.69) is 120 Å². The number of nitrogens with one attached hydrogen (secondary N) is 2. The minimum atomic E-state index is -0.124. The first-order chi connectivity index (χ1) is 32.5. The Morgan fingerprint density at radius 1 is 0.418 bits per heavy atom. The second kappa shape index (κ2) is 17.8. The number of hydrogen-bond acceptors (Lipinski definition) is 2. The van der Waals surface area contributed by atoms with Crippen LogP contribution in [0.15, 0.2) is 170 Å². The van der Waals surface area contributed by atoms with E-state index in [1.807, 2.05) is 102 Å². The molecule has 6 nitrogen and oxygen atoms in total. The summed E-state index contributed by atoms with van der Waals surface area (Å²) in [4.78, 5) is 27.5. The van der Waals surface area contributed by atoms with Crippen LogP contribution in [0.25, 0.3) is 66.1 Å². The fraction of sp³-hybridized carbons (Fsp3) is 0.133. The van der Waals surface area contributed by atoms with Gasteiger partial charge in [-0.05, 0) is 142 Å². The Labute approximate surface area is 394 Å². The number of carbonyl (C=O) groups is 2. The minimum absolute atomic E-state index is 0.0784. The van der Waals surface area contributed by atoms with Crippen LogP contribution in [0.5, 0.6) is 0 Å². The van der Waals surface area contributed by atoms with E-state index < -0.39 is 0 Å². The van der Waals surface area contributed by atoms with Gasteiger partial charge in [-0.25, -0.2) is 0 Å². The van der Waals surface area contributed by atoms with Crippen molar-refractivity contribution in [3.8, 4) is 44.5 Å². The molecule has 67 heavy (non-hydrogen) atoms. The van der Waals surface area contributed by atoms with Crippen LogP contribution < -0.4 is 29.4 Å². The number of hydrogen-bond donors (Lipinski definition) is 2. The zero-order valence-electron chi connectivity index (χ0n) is 38.4. The molecule has 0 bridgehead atoms. The average Bonchev–Trinajstić information content (AvgIpc) is 3.84. The molecular formula is C60H50N4O2S+2. The number of fused-ring (bicyclic) bond motifs is 3. The number of carbonyl (C=O) groups excluding carboxylic acids is 2. The molecule has 0 radical (unpaired) electrons. The van der Waals surface area contributed by atoms with Crippen LogP contribution in [0, 0.1) is 27.7 Å². The van der Waals surface area contributed by atoms with Crippen LogP contribution in [-0.2, 0) is 11.4 Å². The standard InChI is InChI=1S/C60H48N4O2S/c1-35-31-45(32-36(2)53(35)59(65)61-39(5)41-17-9-7-10-18-41)47-25-13-21-43-23-15-27-49(55(43)47)51-29-30-52(58-57(51)63-67-64-58)50-28-16-24-44-22-14-26-48(56(44)50)46-33-37(3)54(38(4)34-46)60(66)62-40(6)42-19-11-8-12-20-42/h7-34,39-40H,1-6H3/p+2/t39-,40?/m1/s1. The van der Waals surface area contributed by atoms with Gasteiger partial charge in [-0.15, -0.1) is 0 Å². The highest BCUT2D eigenvalue weighted by Crippen LogP contribution is 2.40. The molecule has 9 aromatic carbocycles. The first kappa shape index (κ1) is 43.0. The fourth-order valence-electron chi connectivity index (χ4n) is 10.1. The van der Waals surface area contributed by atoms with Crippen LogP contribution >= 0.6 is 0 Å². The first-order valence-electron chi connectivity index (χ1n) is 22.8. The normalized spacial score (nSPS) is 12.4. The zero-order valence-corrected chi connectivity index (χ0v) is 39.3. The molecule has 2 amide bonds. The van der Waals surface area contributed by atoms with E-state index in [-0.39, 0.29) is 23.9 Å². The third kappa shape index (κ3) is 8.00. The third-order valence-corrected chi connectivity index (χ3v) is 13.8. The molecule has 2 atom stereocenters. The van der Waals surface area contributed by atoms with Gasteiger partial charge in [-0.3, -0.25) is 9.59 Å². The molecule has 0 spiro atoms. The molecule has 0 saturated heterocycles. The predicted octanol–water partition coefficient (Wildman–Crippen LogP) is 11.7. The highest BCUT2D eigenvalue weighted by molar-refractivity contribution is 7.55. The van der Waals surface area contributed by atoms with Crippen molar-refractivity contribution in [3.63, 3.8) is 0 Å². The molecule has 0 aliphatic carbocycles. The van der Waals surface area contributed by atoms with Crippen molar-refractivity contribution in [2.75, 3.05) is 0 Å². The summed E-state index contributed by atoms with van der Waals surface area (Å²) >= 11 is 1.23. The van der Waals surface area contributed by atoms with Gasteiger partial charge in [-0.1, -0.05) is 158 Å². The van der Waals surface area contributed by atoms with Gasteiger partial charge in [0.2, 0.25) is 0 Å². The predicted molar refractivity (Wildman–Crippen MR) is 276 cm³/mol. The molecular weight excluding hydrogens is 841 g/mol. The number of amides is 2. The first-order valence-corrected chi connectivity index (χ1v) is 23.5. The molecule has 2 N–H and O–H groups in total. The van der Waals surface area contributed by atoms with Crippen LogP contribution in [0.2, 0.25) is 0 Å². The third-order valence-electron chi connectivity index (χ3n) is 13.2. The second-order valence-electron chi connectivity index (χ2n) is 17.7. The summed E-state index contributed by atoms with van der Waals surface area (Å²) in [5.74, 6) is -0.157. The summed E-state index contributed by atoms with van der Waals surface area (Å²) in [6.07, 6.45) is 0. The minimum Gasteiger partial charge on any atom is -0.346 e. The van der Waals surface area contributed by atoms with Crippen LogP contribution in [0.1, 0.15) is 80.0 Å². The highest BCUT2D eigenvalue weighted by atomic mass is 32.1. The zero-order chi connectivity index (χ0) is 46.3. The fourth-order valence-corrected chi connectivity index (χ4v) is 10.6. The molecule has 1 aliphatic heterocycles. The summed E-state index contributed by atoms with van der Waals surface area (Å²) in [7, 11) is 0. The van der Waals surface area contributed by atoms with E-state index in [1.54, 1.807) is 0 Å². The SMILES string of the molecule is Cc1cc(-c2cccc3cccc(-c4ccc(-c5cccc6cccc(-c7cc(C)c(C(=O)N[C@H](C)c8ccccc8)c(C)c7)c56)c5c4=[N+]=S=[N+]=5)c23)cc(C)c1C(=O)NC(C)c1ccccc1. The molecule has 7 heteroatoms. The molecule has 0 fully saturated rings. The van der Waals surface area contributed by atoms with E-state index in [1.165, 1.54) is 11.4 Å². The van der Waals surface area contributed by atoms with Crippen LogP contribution in [0.3, 0.4) is 0 Å². The van der Waals surface area contributed by atoms with Crippen molar-refractivity contribution in [1.82, 2.24) is 18.7 Å². The largest absolute Gasteiger partial charge is 0.700 e. The summed E-state index contributed by atoms with van der Waals surface area (Å²) in [5.41, 5.74) is 15.6. The summed E-state index contributed by atoms with van der Waals surface area (Å²) in [6.45, 7) is 12.1. The van der Waals surface area contributed by atoms with Crippen molar-refractivity contribution in [3.05, 3.63) is 225 Å². The number of aryl methyl sites for hydroxylation is 4. The van der Waals surface area contributed by atoms with Crippen molar-refractivity contribution in [2.24, 2.45) is 0 Å². The molecule has 1 unspecified atom stereocenters. The average molecular weight is 891 g/mol. The van der Waals surface area contributed by atoms with Crippen LogP contribution in [-0.4, -0.2) is 11.8 Å². The Bertz CT molecular complexity index is 3420. The Morgan fingerprint density at radius 3 is 1.12 bits per heavy atom. The molecule has 10 rings (SSSR count). The van der Waals surface area contributed by atoms with Gasteiger partial charge in [0, 0.05) is 11.1 Å². The number of rotatable bonds is 10. The molecule has 0 aromatic heterocycles. The summed E-state index contributed by atoms with van der Waals surface area (Å²) < 4.78 is 9.99. The van der Waals surface area contributed by atoms with Crippen molar-refractivity contribution in [1.29, 1.82) is 0 Å². The van der Waals surface area contributed by atoms with Gasteiger partial charge in [0.15, 0.2) is 0 Å². The van der Waals surface area contributed by atoms with E-state index >= 15 is 0 Å². The molecule has 326 valence electrons. The quantitative estimate of drug-likeness (QED) is 0.134. The summed E-state index contributed by atoms with van der Waals surface area (Å²) in [5, 5.41) is 12.6. The maximum atomic E-state index is 13.8. The number of nitrogens with zero attached hydrogens (tertiary/aromatic N) is 2. The topological polar surface area (TPSA) is 86.4 Å². The lowest BCUT2D eigenvalue weighted by Gasteiger charge is -2.18. The molecule has 0 saturated carbocycles. The number of benzene rings is 9. The molecule has 1 heterocycles. The van der Waals surface area contributed by atoms with Crippen molar-refractivity contribution >= 4 is 44.7 Å². The van der Waals surface area contributed by atoms with E-state index in [4.69, 9.17) is 8.08 Å². The van der Waals surface area contributed by atoms with Crippen molar-refractivity contribution < 1.29 is 9.59 Å². The maximum Gasteiger partial charge on any atom is 0.700 e. The lowest BCUT2D eigenvalue weighted by atomic mass is 9.87. The lowest BCUT2D eigenvalue weighted by Crippen LogP contribution is -2.31. The van der Waals surface area contributed by atoms with Gasteiger partial charge < -0.3 is 10.6 Å². The summed E-state index contributed by atoms with van der Waals surface area (Å²) in [6, 6.07) is 58.6. The van der Waals surface area contributed by atoms with E-state index in [0.717, 1.165) is 110 Å². The molecule has 1 aliphatic rings. The van der Waals surface area contributed by atoms with Crippen LogP contribution in [0.4, 0.5) is 0 Å². The van der Waals surface area contributed by atoms with Gasteiger partial charge in [0.1, 0.15) is 0 Å². The maximum absolute atomic E-state index is 13.8. The van der Waals surface area contributed by atoms with Gasteiger partial charge >= 0.3 is 22.1 Å². The van der Waals surface area contributed by atoms with E-state index in [9.17, 15) is 9.59 Å². The lowest BCUT2D eigenvalue weighted by molar-refractivity contribution is 0.0930. The van der Waals surface area contributed by atoms with Crippen molar-refractivity contribution in [2.45, 2.75) is 53.6 Å². The second-order valence-corrected chi connectivity index (χ2v) is 18.3. The molecule has 9 aromatic rings. The Balaban J connectivity index is 1.03. The highest BCUT2D eigenvalue weighted by Gasteiger charge is 2.29. The Kier molecular flexibility index (Phi) is 11.4. The van der Waals surface area contributed by atoms with Gasteiger partial charge in [-0.2, -0.15) is 0 Å². The van der Waals surface area contributed by atoms with Gasteiger partial charge in [0.05, 0.1) is 31.3 Å². The smallest absolute Gasteiger partial charge is 0.346 e. The Hall–Kier alpha value is -7.92. The van der Waals surface area contributed by atoms with Gasteiger partial charge in [0.25, 0.3) is 11.8 Å². The monoisotopic (exact) mass is 890 g/mol. The Morgan fingerprint density at radius 2 is 0.761 bits per heavy atom. The van der Waals surface area contributed by atoms with E-state index in [0.29, 0.717) is 11.1 Å².